The number of hydrogen-bond acceptors (Lipinski definition) is 4. The van der Waals surface area contributed by atoms with Gasteiger partial charge in [-0.3, -0.25) is 0 Å². The van der Waals surface area contributed by atoms with Crippen LogP contribution in [0.5, 0.6) is 0 Å². The van der Waals surface area contributed by atoms with Crippen molar-refractivity contribution in [2.45, 2.75) is 4.90 Å². The number of sulfonamides is 1. The summed E-state index contributed by atoms with van der Waals surface area (Å²) in [4.78, 5) is 4.75. The number of piperazine rings is 1. The first kappa shape index (κ1) is 20.4. The highest BCUT2D eigenvalue weighted by Gasteiger charge is 2.30. The first-order chi connectivity index (χ1) is 14.4. The van der Waals surface area contributed by atoms with Crippen LogP contribution >= 0.6 is 11.6 Å². The number of anilines is 1. The Morgan fingerprint density at radius 2 is 1.80 bits per heavy atom. The molecule has 4 rings (SSSR count). The lowest BCUT2D eigenvalue weighted by molar-refractivity contribution is 0.383. The second kappa shape index (κ2) is 8.11. The van der Waals surface area contributed by atoms with Gasteiger partial charge in [0.25, 0.3) is 0 Å². The lowest BCUT2D eigenvalue weighted by Crippen LogP contribution is -2.48. The Morgan fingerprint density at radius 1 is 1.07 bits per heavy atom. The second-order valence-electron chi connectivity index (χ2n) is 6.91. The lowest BCUT2D eigenvalue weighted by atomic mass is 10.1. The van der Waals surface area contributed by atoms with Crippen LogP contribution in [0.25, 0.3) is 11.1 Å². The minimum absolute atomic E-state index is 0.0643. The average molecular weight is 445 g/mol. The first-order valence-corrected chi connectivity index (χ1v) is 11.1. The molecule has 2 aromatic carbocycles. The van der Waals surface area contributed by atoms with Crippen LogP contribution in [0.3, 0.4) is 0 Å². The molecule has 0 saturated carbocycles. The van der Waals surface area contributed by atoms with Gasteiger partial charge in [-0.1, -0.05) is 23.7 Å². The van der Waals surface area contributed by atoms with Gasteiger partial charge in [-0.05, 0) is 35.9 Å². The standard InChI is InChI=1S/C21H18ClFN4O2S/c22-17-9-15(19-14-25-13-16(19)12-24)10-18(11-17)30(28,29)27-7-5-26(6-8-27)21-4-2-1-3-20(21)23/h1-4,9-11,13-14,25H,5-8H2. The molecule has 154 valence electrons. The minimum Gasteiger partial charge on any atom is -0.367 e. The summed E-state index contributed by atoms with van der Waals surface area (Å²) < 4.78 is 41.9. The van der Waals surface area contributed by atoms with Crippen molar-refractivity contribution in [2.24, 2.45) is 0 Å². The van der Waals surface area contributed by atoms with Gasteiger partial charge in [0.05, 0.1) is 16.1 Å². The normalized spacial score (nSPS) is 15.2. The van der Waals surface area contributed by atoms with Crippen LogP contribution in [-0.2, 0) is 10.0 Å². The van der Waals surface area contributed by atoms with E-state index < -0.39 is 10.0 Å². The summed E-state index contributed by atoms with van der Waals surface area (Å²) in [6.07, 6.45) is 3.18. The smallest absolute Gasteiger partial charge is 0.243 e. The summed E-state index contributed by atoms with van der Waals surface area (Å²) in [6, 6.07) is 13.1. The minimum atomic E-state index is -3.80. The number of nitrogens with zero attached hydrogens (tertiary/aromatic N) is 3. The highest BCUT2D eigenvalue weighted by atomic mass is 35.5. The highest BCUT2D eigenvalue weighted by molar-refractivity contribution is 7.89. The molecule has 1 N–H and O–H groups in total. The average Bonchev–Trinajstić information content (AvgIpc) is 3.23. The first-order valence-electron chi connectivity index (χ1n) is 9.27. The van der Waals surface area contributed by atoms with Gasteiger partial charge in [0.15, 0.2) is 0 Å². The van der Waals surface area contributed by atoms with Crippen LogP contribution in [0, 0.1) is 17.1 Å². The maximum Gasteiger partial charge on any atom is 0.243 e. The molecule has 1 aliphatic heterocycles. The second-order valence-corrected chi connectivity index (χ2v) is 9.29. The fourth-order valence-electron chi connectivity index (χ4n) is 3.59. The van der Waals surface area contributed by atoms with E-state index in [4.69, 9.17) is 11.6 Å². The van der Waals surface area contributed by atoms with Crippen LogP contribution in [0.15, 0.2) is 59.8 Å². The predicted octanol–water partition coefficient (Wildman–Crippen LogP) is 3.86. The van der Waals surface area contributed by atoms with E-state index in [1.807, 2.05) is 4.90 Å². The van der Waals surface area contributed by atoms with E-state index in [2.05, 4.69) is 11.1 Å². The van der Waals surface area contributed by atoms with Crippen molar-refractivity contribution in [1.82, 2.24) is 9.29 Å². The van der Waals surface area contributed by atoms with E-state index in [0.29, 0.717) is 35.5 Å². The topological polar surface area (TPSA) is 80.2 Å². The molecule has 1 aliphatic rings. The van der Waals surface area contributed by atoms with E-state index in [0.717, 1.165) is 0 Å². The van der Waals surface area contributed by atoms with Crippen LogP contribution in [0.2, 0.25) is 5.02 Å². The molecule has 0 bridgehead atoms. The zero-order valence-electron chi connectivity index (χ0n) is 15.8. The van der Waals surface area contributed by atoms with Crippen molar-refractivity contribution in [3.8, 4) is 17.2 Å². The summed E-state index contributed by atoms with van der Waals surface area (Å²) >= 11 is 6.20. The van der Waals surface area contributed by atoms with Gasteiger partial charge in [-0.25, -0.2) is 12.8 Å². The molecule has 3 aromatic rings. The van der Waals surface area contributed by atoms with Crippen molar-refractivity contribution >= 4 is 27.3 Å². The highest BCUT2D eigenvalue weighted by Crippen LogP contribution is 2.31. The van der Waals surface area contributed by atoms with E-state index >= 15 is 0 Å². The Labute approximate surface area is 179 Å². The predicted molar refractivity (Wildman–Crippen MR) is 113 cm³/mol. The zero-order valence-corrected chi connectivity index (χ0v) is 17.4. The van der Waals surface area contributed by atoms with Crippen LogP contribution in [0.4, 0.5) is 10.1 Å². The number of nitrogens with one attached hydrogen (secondary N) is 1. The molecule has 6 nitrogen and oxygen atoms in total. The largest absolute Gasteiger partial charge is 0.367 e. The van der Waals surface area contributed by atoms with E-state index in [1.165, 1.54) is 22.5 Å². The quantitative estimate of drug-likeness (QED) is 0.662. The lowest BCUT2D eigenvalue weighted by Gasteiger charge is -2.35. The third-order valence-electron chi connectivity index (χ3n) is 5.12. The number of benzene rings is 2. The third-order valence-corrected chi connectivity index (χ3v) is 7.21. The van der Waals surface area contributed by atoms with Gasteiger partial charge in [0.2, 0.25) is 10.0 Å². The molecule has 0 unspecified atom stereocenters. The molecule has 1 fully saturated rings. The number of aromatic nitrogens is 1. The SMILES string of the molecule is N#Cc1c[nH]cc1-c1cc(Cl)cc(S(=O)(=O)N2CCN(c3ccccc3F)CC2)c1. The molecule has 1 aromatic heterocycles. The van der Waals surface area contributed by atoms with E-state index in [9.17, 15) is 18.1 Å². The maximum absolute atomic E-state index is 14.0. The van der Waals surface area contributed by atoms with Crippen molar-refractivity contribution in [3.63, 3.8) is 0 Å². The number of H-pyrrole nitrogens is 1. The van der Waals surface area contributed by atoms with Crippen LogP contribution < -0.4 is 4.90 Å². The van der Waals surface area contributed by atoms with Crippen LogP contribution in [-0.4, -0.2) is 43.9 Å². The van der Waals surface area contributed by atoms with E-state index in [-0.39, 0.29) is 28.8 Å². The Kier molecular flexibility index (Phi) is 5.52. The molecule has 0 spiro atoms. The van der Waals surface area contributed by atoms with Gasteiger partial charge in [-0.2, -0.15) is 9.57 Å². The van der Waals surface area contributed by atoms with Crippen LogP contribution in [0.1, 0.15) is 5.56 Å². The van der Waals surface area contributed by atoms with Gasteiger partial charge in [0.1, 0.15) is 11.9 Å². The van der Waals surface area contributed by atoms with Crippen molar-refractivity contribution < 1.29 is 12.8 Å². The monoisotopic (exact) mass is 444 g/mol. The Morgan fingerprint density at radius 3 is 2.50 bits per heavy atom. The number of rotatable bonds is 4. The van der Waals surface area contributed by atoms with Gasteiger partial charge >= 0.3 is 0 Å². The molecule has 0 radical (unpaired) electrons. The summed E-state index contributed by atoms with van der Waals surface area (Å²) in [5.74, 6) is -0.326. The molecule has 2 heterocycles. The van der Waals surface area contributed by atoms with Gasteiger partial charge in [-0.15, -0.1) is 0 Å². The summed E-state index contributed by atoms with van der Waals surface area (Å²) in [5.41, 5.74) is 2.00. The van der Waals surface area contributed by atoms with Crippen molar-refractivity contribution in [2.75, 3.05) is 31.1 Å². The zero-order chi connectivity index (χ0) is 21.3. The van der Waals surface area contributed by atoms with Crippen molar-refractivity contribution in [3.05, 3.63) is 71.3 Å². The number of aromatic amines is 1. The Balaban J connectivity index is 1.59. The van der Waals surface area contributed by atoms with Gasteiger partial charge in [0, 0.05) is 49.2 Å². The molecule has 0 amide bonds. The molecule has 0 atom stereocenters. The molecular formula is C21H18ClFN4O2S. The molecular weight excluding hydrogens is 427 g/mol. The third kappa shape index (κ3) is 3.79. The molecule has 9 heteroatoms. The fraction of sp³-hybridized carbons (Fsp3) is 0.190. The number of halogens is 2. The summed E-state index contributed by atoms with van der Waals surface area (Å²) in [5, 5.41) is 9.51. The maximum atomic E-state index is 14.0. The number of para-hydroxylation sites is 1. The van der Waals surface area contributed by atoms with E-state index in [1.54, 1.807) is 36.7 Å². The summed E-state index contributed by atoms with van der Waals surface area (Å²) in [6.45, 7) is 1.21. The number of nitriles is 1. The Hall–Kier alpha value is -2.86. The fourth-order valence-corrected chi connectivity index (χ4v) is 5.38. The molecule has 30 heavy (non-hydrogen) atoms. The van der Waals surface area contributed by atoms with Gasteiger partial charge < -0.3 is 9.88 Å². The molecule has 0 aliphatic carbocycles. The summed E-state index contributed by atoms with van der Waals surface area (Å²) in [7, 11) is -3.80. The number of hydrogen-bond donors (Lipinski definition) is 1. The van der Waals surface area contributed by atoms with Crippen molar-refractivity contribution in [1.29, 1.82) is 5.26 Å². The Bertz CT molecular complexity index is 1230. The molecule has 1 saturated heterocycles.